The van der Waals surface area contributed by atoms with Crippen LogP contribution in [0.2, 0.25) is 0 Å². The molecule has 0 bridgehead atoms. The summed E-state index contributed by atoms with van der Waals surface area (Å²) in [7, 11) is 0. The summed E-state index contributed by atoms with van der Waals surface area (Å²) in [5, 5.41) is 12.1. The molecule has 8 nitrogen and oxygen atoms in total. The molecule has 1 amide bonds. The molecule has 1 fully saturated rings. The molecule has 1 saturated heterocycles. The molecule has 0 spiro atoms. The van der Waals surface area contributed by atoms with Crippen molar-refractivity contribution in [1.82, 2.24) is 25.0 Å². The van der Waals surface area contributed by atoms with E-state index in [4.69, 9.17) is 9.47 Å². The highest BCUT2D eigenvalue weighted by molar-refractivity contribution is 5.95. The molecule has 0 atom stereocenters. The lowest BCUT2D eigenvalue weighted by molar-refractivity contribution is 0.0709. The first kappa shape index (κ1) is 16.6. The molecule has 0 saturated carbocycles. The number of hydrogen-bond donors (Lipinski definition) is 1. The number of carbonyl (C=O) groups is 1. The number of aromatic nitrogens is 3. The minimum Gasteiger partial charge on any atom is -0.486 e. The van der Waals surface area contributed by atoms with Crippen LogP contribution in [0.4, 0.5) is 0 Å². The quantitative estimate of drug-likeness (QED) is 0.856. The van der Waals surface area contributed by atoms with Gasteiger partial charge in [-0.15, -0.1) is 10.2 Å². The number of rotatable bonds is 2. The molecule has 4 heterocycles. The zero-order valence-electron chi connectivity index (χ0n) is 15.2. The van der Waals surface area contributed by atoms with Gasteiger partial charge in [0, 0.05) is 37.7 Å². The summed E-state index contributed by atoms with van der Waals surface area (Å²) in [4.78, 5) is 14.8. The van der Waals surface area contributed by atoms with Crippen LogP contribution >= 0.6 is 0 Å². The van der Waals surface area contributed by atoms with Crippen LogP contribution in [-0.2, 0) is 13.1 Å². The summed E-state index contributed by atoms with van der Waals surface area (Å²) in [6.07, 6.45) is 1.84. The van der Waals surface area contributed by atoms with E-state index in [0.717, 1.165) is 57.2 Å². The normalized spacial score (nSPS) is 19.6. The van der Waals surface area contributed by atoms with Crippen molar-refractivity contribution in [3.05, 3.63) is 35.4 Å². The summed E-state index contributed by atoms with van der Waals surface area (Å²) in [6, 6.07) is 5.44. The molecule has 2 aromatic rings. The highest BCUT2D eigenvalue weighted by atomic mass is 16.6. The lowest BCUT2D eigenvalue weighted by Crippen LogP contribution is -2.39. The molecule has 1 aromatic heterocycles. The molecule has 8 heteroatoms. The number of benzene rings is 1. The Labute approximate surface area is 157 Å². The van der Waals surface area contributed by atoms with Crippen molar-refractivity contribution in [2.24, 2.45) is 0 Å². The standard InChI is InChI=1S/C19H23N5O3/c25-19(14-1-2-15-16(11-14)27-10-9-26-15)23-6-3-13(4-7-23)18-22-21-17-12-20-5-8-24(17)18/h1-2,11,13,20H,3-10,12H2. The summed E-state index contributed by atoms with van der Waals surface area (Å²) >= 11 is 0. The van der Waals surface area contributed by atoms with E-state index in [-0.39, 0.29) is 5.91 Å². The summed E-state index contributed by atoms with van der Waals surface area (Å²) < 4.78 is 13.4. The number of hydrogen-bond acceptors (Lipinski definition) is 6. The van der Waals surface area contributed by atoms with Crippen molar-refractivity contribution >= 4 is 5.91 Å². The molecular formula is C19H23N5O3. The molecule has 0 aliphatic carbocycles. The van der Waals surface area contributed by atoms with Gasteiger partial charge < -0.3 is 24.3 Å². The zero-order valence-corrected chi connectivity index (χ0v) is 15.2. The van der Waals surface area contributed by atoms with Crippen molar-refractivity contribution in [3.8, 4) is 11.5 Å². The Kier molecular flexibility index (Phi) is 4.20. The van der Waals surface area contributed by atoms with Gasteiger partial charge >= 0.3 is 0 Å². The maximum atomic E-state index is 12.9. The van der Waals surface area contributed by atoms with Gasteiger partial charge in [0.05, 0.1) is 6.54 Å². The second kappa shape index (κ2) is 6.84. The first-order chi connectivity index (χ1) is 13.3. The topological polar surface area (TPSA) is 81.5 Å². The Hall–Kier alpha value is -2.61. The van der Waals surface area contributed by atoms with Gasteiger partial charge in [0.25, 0.3) is 5.91 Å². The summed E-state index contributed by atoms with van der Waals surface area (Å²) in [5.41, 5.74) is 0.656. The Bertz CT molecular complexity index is 857. The number of likely N-dealkylation sites (tertiary alicyclic amines) is 1. The minimum absolute atomic E-state index is 0.0536. The monoisotopic (exact) mass is 369 g/mol. The Morgan fingerprint density at radius 2 is 1.89 bits per heavy atom. The van der Waals surface area contributed by atoms with E-state index in [1.54, 1.807) is 6.07 Å². The SMILES string of the molecule is O=C(c1ccc2c(c1)OCCO2)N1CCC(c2nnc3n2CCNC3)CC1. The number of carbonyl (C=O) groups excluding carboxylic acids is 1. The fourth-order valence-corrected chi connectivity index (χ4v) is 4.12. The van der Waals surface area contributed by atoms with Crippen LogP contribution in [0.25, 0.3) is 0 Å². The second-order valence-corrected chi connectivity index (χ2v) is 7.23. The highest BCUT2D eigenvalue weighted by Crippen LogP contribution is 2.32. The van der Waals surface area contributed by atoms with E-state index in [2.05, 4.69) is 20.1 Å². The molecule has 1 N–H and O–H groups in total. The van der Waals surface area contributed by atoms with Crippen LogP contribution in [0, 0.1) is 0 Å². The lowest BCUT2D eigenvalue weighted by atomic mass is 9.95. The molecule has 27 heavy (non-hydrogen) atoms. The minimum atomic E-state index is 0.0536. The third-order valence-electron chi connectivity index (χ3n) is 5.59. The van der Waals surface area contributed by atoms with E-state index >= 15 is 0 Å². The molecule has 3 aliphatic rings. The number of piperidine rings is 1. The van der Waals surface area contributed by atoms with Crippen LogP contribution in [0.15, 0.2) is 18.2 Å². The maximum Gasteiger partial charge on any atom is 0.253 e. The number of ether oxygens (including phenoxy) is 2. The van der Waals surface area contributed by atoms with Crippen LogP contribution in [-0.4, -0.2) is 58.4 Å². The van der Waals surface area contributed by atoms with Gasteiger partial charge in [-0.2, -0.15) is 0 Å². The van der Waals surface area contributed by atoms with Crippen LogP contribution in [0.5, 0.6) is 11.5 Å². The first-order valence-corrected chi connectivity index (χ1v) is 9.61. The number of nitrogens with zero attached hydrogens (tertiary/aromatic N) is 4. The summed E-state index contributed by atoms with van der Waals surface area (Å²) in [6.45, 7) is 5.21. The Balaban J connectivity index is 1.26. The lowest BCUT2D eigenvalue weighted by Gasteiger charge is -2.32. The van der Waals surface area contributed by atoms with Crippen molar-refractivity contribution in [2.45, 2.75) is 31.8 Å². The molecule has 3 aliphatic heterocycles. The van der Waals surface area contributed by atoms with E-state index in [9.17, 15) is 4.79 Å². The predicted molar refractivity (Wildman–Crippen MR) is 97.0 cm³/mol. The average Bonchev–Trinajstić information content (AvgIpc) is 3.17. The second-order valence-electron chi connectivity index (χ2n) is 7.23. The Morgan fingerprint density at radius 3 is 2.74 bits per heavy atom. The average molecular weight is 369 g/mol. The number of fused-ring (bicyclic) bond motifs is 2. The van der Waals surface area contributed by atoms with Crippen molar-refractivity contribution in [1.29, 1.82) is 0 Å². The van der Waals surface area contributed by atoms with Gasteiger partial charge in [-0.25, -0.2) is 0 Å². The predicted octanol–water partition coefficient (Wildman–Crippen LogP) is 1.17. The van der Waals surface area contributed by atoms with E-state index in [0.29, 0.717) is 36.2 Å². The van der Waals surface area contributed by atoms with Gasteiger partial charge in [-0.05, 0) is 31.0 Å². The molecular weight excluding hydrogens is 346 g/mol. The summed E-state index contributed by atoms with van der Waals surface area (Å²) in [5.74, 6) is 3.89. The zero-order chi connectivity index (χ0) is 18.2. The maximum absolute atomic E-state index is 12.9. The third-order valence-corrected chi connectivity index (χ3v) is 5.59. The van der Waals surface area contributed by atoms with Crippen LogP contribution in [0.3, 0.4) is 0 Å². The van der Waals surface area contributed by atoms with Gasteiger partial charge in [0.1, 0.15) is 24.9 Å². The van der Waals surface area contributed by atoms with Crippen LogP contribution in [0.1, 0.15) is 40.8 Å². The third kappa shape index (κ3) is 3.03. The number of nitrogens with one attached hydrogen (secondary N) is 1. The van der Waals surface area contributed by atoms with Crippen molar-refractivity contribution in [3.63, 3.8) is 0 Å². The fraction of sp³-hybridized carbons (Fsp3) is 0.526. The van der Waals surface area contributed by atoms with E-state index in [1.165, 1.54) is 0 Å². The first-order valence-electron chi connectivity index (χ1n) is 9.61. The van der Waals surface area contributed by atoms with Gasteiger partial charge in [-0.3, -0.25) is 4.79 Å². The van der Waals surface area contributed by atoms with Crippen molar-refractivity contribution < 1.29 is 14.3 Å². The molecule has 0 unspecified atom stereocenters. The molecule has 0 radical (unpaired) electrons. The molecule has 1 aromatic carbocycles. The molecule has 142 valence electrons. The number of amides is 1. The smallest absolute Gasteiger partial charge is 0.253 e. The van der Waals surface area contributed by atoms with Crippen LogP contribution < -0.4 is 14.8 Å². The molecule has 5 rings (SSSR count). The van der Waals surface area contributed by atoms with Gasteiger partial charge in [-0.1, -0.05) is 0 Å². The van der Waals surface area contributed by atoms with Gasteiger partial charge in [0.2, 0.25) is 0 Å². The largest absolute Gasteiger partial charge is 0.486 e. The fourth-order valence-electron chi connectivity index (χ4n) is 4.12. The Morgan fingerprint density at radius 1 is 1.07 bits per heavy atom. The van der Waals surface area contributed by atoms with Crippen molar-refractivity contribution in [2.75, 3.05) is 32.8 Å². The van der Waals surface area contributed by atoms with E-state index < -0.39 is 0 Å². The van der Waals surface area contributed by atoms with E-state index in [1.807, 2.05) is 17.0 Å². The van der Waals surface area contributed by atoms with Gasteiger partial charge in [0.15, 0.2) is 11.5 Å². The highest BCUT2D eigenvalue weighted by Gasteiger charge is 2.29.